The Hall–Kier alpha value is -1.20. The Morgan fingerprint density at radius 1 is 1.12 bits per heavy atom. The number of aliphatic carboxylic acids is 1. The van der Waals surface area contributed by atoms with Gasteiger partial charge in [0.25, 0.3) is 0 Å². The van der Waals surface area contributed by atoms with E-state index < -0.39 is 29.8 Å². The van der Waals surface area contributed by atoms with Crippen LogP contribution < -0.4 is 0 Å². The third-order valence-electron chi connectivity index (χ3n) is 11.6. The SMILES string of the molecule is C[C@H](C(O)C/C=C/C(=O)O)C1CC[C@@]2(C)C3=C(CC[C@]12C)[C@@]1(C)C[C@@H](F)[C@H](O)C(C)(C)C1CC3. The van der Waals surface area contributed by atoms with Crippen molar-refractivity contribution in [3.8, 4) is 0 Å². The number of allylic oxidation sites excluding steroid dienone is 2. The van der Waals surface area contributed by atoms with E-state index in [-0.39, 0.29) is 28.1 Å². The van der Waals surface area contributed by atoms with Crippen molar-refractivity contribution in [3.63, 3.8) is 0 Å². The Kier molecular flexibility index (Phi) is 6.42. The summed E-state index contributed by atoms with van der Waals surface area (Å²) in [6, 6.07) is 0. The van der Waals surface area contributed by atoms with Gasteiger partial charge in [0.2, 0.25) is 0 Å². The van der Waals surface area contributed by atoms with Gasteiger partial charge < -0.3 is 15.3 Å². The van der Waals surface area contributed by atoms with Gasteiger partial charge in [0.1, 0.15) is 6.17 Å². The number of fused-ring (bicyclic) bond motifs is 4. The Labute approximate surface area is 204 Å². The van der Waals surface area contributed by atoms with Crippen molar-refractivity contribution >= 4 is 5.97 Å². The van der Waals surface area contributed by atoms with Gasteiger partial charge >= 0.3 is 5.97 Å². The number of halogens is 1. The zero-order valence-electron chi connectivity index (χ0n) is 21.9. The largest absolute Gasteiger partial charge is 0.478 e. The zero-order valence-corrected chi connectivity index (χ0v) is 21.9. The van der Waals surface area contributed by atoms with E-state index in [1.54, 1.807) is 11.6 Å². The average Bonchev–Trinajstić information content (AvgIpc) is 3.02. The van der Waals surface area contributed by atoms with Gasteiger partial charge in [0.15, 0.2) is 0 Å². The van der Waals surface area contributed by atoms with Crippen LogP contribution in [0.25, 0.3) is 0 Å². The number of carboxylic acids is 1. The maximum atomic E-state index is 15.2. The van der Waals surface area contributed by atoms with Gasteiger partial charge in [-0.25, -0.2) is 9.18 Å². The molecule has 3 N–H and O–H groups in total. The predicted octanol–water partition coefficient (Wildman–Crippen LogP) is 6.07. The topological polar surface area (TPSA) is 77.8 Å². The fourth-order valence-corrected chi connectivity index (χ4v) is 9.44. The van der Waals surface area contributed by atoms with Crippen LogP contribution in [0.3, 0.4) is 0 Å². The molecule has 9 atom stereocenters. The fourth-order valence-electron chi connectivity index (χ4n) is 9.44. The molecular weight excluding hydrogens is 431 g/mol. The van der Waals surface area contributed by atoms with E-state index in [4.69, 9.17) is 5.11 Å². The van der Waals surface area contributed by atoms with Crippen LogP contribution in [-0.2, 0) is 4.79 Å². The molecule has 4 rings (SSSR count). The Morgan fingerprint density at radius 2 is 1.79 bits per heavy atom. The number of aliphatic hydroxyl groups excluding tert-OH is 2. The molecule has 4 aliphatic rings. The highest BCUT2D eigenvalue weighted by Gasteiger charge is 2.64. The standard InChI is InChI=1S/C29H45FO4/c1-17(22(31)8-7-9-24(32)33)18-12-14-29(6)20-10-11-23-26(2,3)25(34)21(30)16-27(23,4)19(20)13-15-28(18,29)5/h7,9,17-18,21-23,25,31,34H,8,10-16H2,1-6H3,(H,32,33)/b9-7+/t17-,18?,21+,22?,23?,25-,27+,28+,29-/m0/s1. The summed E-state index contributed by atoms with van der Waals surface area (Å²) in [6.45, 7) is 13.3. The molecule has 0 radical (unpaired) electrons. The van der Waals surface area contributed by atoms with Gasteiger partial charge in [-0.15, -0.1) is 0 Å². The Morgan fingerprint density at radius 3 is 2.44 bits per heavy atom. The third-order valence-corrected chi connectivity index (χ3v) is 11.6. The summed E-state index contributed by atoms with van der Waals surface area (Å²) in [7, 11) is 0. The van der Waals surface area contributed by atoms with Crippen molar-refractivity contribution < 1.29 is 24.5 Å². The minimum atomic E-state index is -1.19. The lowest BCUT2D eigenvalue weighted by Crippen LogP contribution is -2.58. The first-order valence-electron chi connectivity index (χ1n) is 13.3. The molecule has 3 unspecified atom stereocenters. The molecule has 192 valence electrons. The summed E-state index contributed by atoms with van der Waals surface area (Å²) < 4.78 is 15.2. The van der Waals surface area contributed by atoms with Gasteiger partial charge in [-0.05, 0) is 90.8 Å². The Balaban J connectivity index is 1.65. The molecule has 0 aromatic heterocycles. The molecule has 0 saturated heterocycles. The molecule has 0 aromatic carbocycles. The summed E-state index contributed by atoms with van der Waals surface area (Å²) in [4.78, 5) is 10.8. The van der Waals surface area contributed by atoms with Gasteiger partial charge in [-0.1, -0.05) is 58.8 Å². The van der Waals surface area contributed by atoms with Crippen molar-refractivity contribution in [2.75, 3.05) is 0 Å². The number of alkyl halides is 1. The lowest BCUT2D eigenvalue weighted by molar-refractivity contribution is -0.136. The van der Waals surface area contributed by atoms with Crippen LogP contribution in [0.4, 0.5) is 4.39 Å². The average molecular weight is 477 g/mol. The van der Waals surface area contributed by atoms with Crippen LogP contribution in [0, 0.1) is 39.4 Å². The van der Waals surface area contributed by atoms with Crippen LogP contribution in [0.5, 0.6) is 0 Å². The highest BCUT2D eigenvalue weighted by atomic mass is 19.1. The number of carbonyl (C=O) groups is 1. The smallest absolute Gasteiger partial charge is 0.327 e. The zero-order chi connectivity index (χ0) is 25.3. The molecule has 34 heavy (non-hydrogen) atoms. The molecule has 0 spiro atoms. The van der Waals surface area contributed by atoms with Crippen molar-refractivity contribution in [1.29, 1.82) is 0 Å². The first kappa shape index (κ1) is 25.9. The number of aliphatic hydroxyl groups is 2. The molecule has 0 heterocycles. The number of carboxylic acid groups (broad SMARTS) is 1. The number of hydrogen-bond donors (Lipinski definition) is 3. The van der Waals surface area contributed by atoms with Crippen LogP contribution in [0.1, 0.15) is 92.9 Å². The van der Waals surface area contributed by atoms with E-state index in [1.165, 1.54) is 5.57 Å². The van der Waals surface area contributed by atoms with Crippen molar-refractivity contribution in [3.05, 3.63) is 23.3 Å². The number of rotatable bonds is 5. The normalized spacial score (nSPS) is 45.4. The van der Waals surface area contributed by atoms with E-state index in [0.29, 0.717) is 18.8 Å². The molecule has 2 saturated carbocycles. The summed E-state index contributed by atoms with van der Waals surface area (Å²) in [5.41, 5.74) is 2.48. The fraction of sp³-hybridized carbons (Fsp3) is 0.828. The molecule has 4 nitrogen and oxygen atoms in total. The summed E-state index contributed by atoms with van der Waals surface area (Å²) in [5, 5.41) is 30.5. The van der Waals surface area contributed by atoms with Gasteiger partial charge in [0.05, 0.1) is 12.2 Å². The Bertz CT molecular complexity index is 893. The maximum absolute atomic E-state index is 15.2. The second kappa shape index (κ2) is 8.44. The second-order valence-electron chi connectivity index (χ2n) is 13.2. The molecule has 4 aliphatic carbocycles. The monoisotopic (exact) mass is 476 g/mol. The van der Waals surface area contributed by atoms with E-state index in [1.807, 2.05) is 0 Å². The van der Waals surface area contributed by atoms with E-state index in [0.717, 1.165) is 44.6 Å². The minimum Gasteiger partial charge on any atom is -0.478 e. The quantitative estimate of drug-likeness (QED) is 0.332. The molecule has 0 aliphatic heterocycles. The summed E-state index contributed by atoms with van der Waals surface area (Å²) >= 11 is 0. The van der Waals surface area contributed by atoms with E-state index in [9.17, 15) is 15.0 Å². The molecule has 0 amide bonds. The minimum absolute atomic E-state index is 0.0378. The highest BCUT2D eigenvalue weighted by molar-refractivity contribution is 5.79. The van der Waals surface area contributed by atoms with Crippen molar-refractivity contribution in [2.24, 2.45) is 39.4 Å². The highest BCUT2D eigenvalue weighted by Crippen LogP contribution is 2.72. The molecule has 5 heteroatoms. The maximum Gasteiger partial charge on any atom is 0.327 e. The van der Waals surface area contributed by atoms with Crippen LogP contribution >= 0.6 is 0 Å². The lowest BCUT2D eigenvalue weighted by Gasteiger charge is -2.62. The molecule has 2 fully saturated rings. The second-order valence-corrected chi connectivity index (χ2v) is 13.2. The van der Waals surface area contributed by atoms with Gasteiger partial charge in [-0.3, -0.25) is 0 Å². The van der Waals surface area contributed by atoms with Crippen molar-refractivity contribution in [1.82, 2.24) is 0 Å². The molecule has 0 bridgehead atoms. The first-order valence-corrected chi connectivity index (χ1v) is 13.3. The van der Waals surface area contributed by atoms with Crippen LogP contribution in [0.2, 0.25) is 0 Å². The van der Waals surface area contributed by atoms with Crippen LogP contribution in [0.15, 0.2) is 23.3 Å². The summed E-state index contributed by atoms with van der Waals surface area (Å²) in [5.74, 6) is -0.250. The third kappa shape index (κ3) is 3.55. The lowest BCUT2D eigenvalue weighted by atomic mass is 9.43. The predicted molar refractivity (Wildman–Crippen MR) is 132 cm³/mol. The van der Waals surface area contributed by atoms with E-state index >= 15 is 4.39 Å². The number of hydrogen-bond acceptors (Lipinski definition) is 3. The van der Waals surface area contributed by atoms with Crippen molar-refractivity contribution in [2.45, 2.75) is 111 Å². The van der Waals surface area contributed by atoms with E-state index in [2.05, 4.69) is 41.5 Å². The molecular formula is C29H45FO4. The first-order chi connectivity index (χ1) is 15.7. The van der Waals surface area contributed by atoms with Gasteiger partial charge in [-0.2, -0.15) is 0 Å². The van der Waals surface area contributed by atoms with Crippen LogP contribution in [-0.4, -0.2) is 39.7 Å². The van der Waals surface area contributed by atoms with Gasteiger partial charge in [0, 0.05) is 6.08 Å². The molecule has 0 aromatic rings. The summed E-state index contributed by atoms with van der Waals surface area (Å²) in [6.07, 6.45) is 7.01.